The van der Waals surface area contributed by atoms with E-state index in [2.05, 4.69) is 0 Å². The van der Waals surface area contributed by atoms with Crippen molar-refractivity contribution in [3.05, 3.63) is 0 Å². The van der Waals surface area contributed by atoms with Gasteiger partial charge in [-0.2, -0.15) is 0 Å². The molecule has 2 unspecified atom stereocenters. The number of thioether (sulfide) groups is 2. The second-order valence-electron chi connectivity index (χ2n) is 3.33. The highest BCUT2D eigenvalue weighted by Gasteiger charge is 2.33. The quantitative estimate of drug-likeness (QED) is 0.716. The predicted molar refractivity (Wildman–Crippen MR) is 64.2 cm³/mol. The van der Waals surface area contributed by atoms with Gasteiger partial charge in [-0.25, -0.2) is 0 Å². The van der Waals surface area contributed by atoms with E-state index in [1.54, 1.807) is 25.6 Å². The first-order chi connectivity index (χ1) is 7.15. The maximum absolute atomic E-state index is 11.6. The van der Waals surface area contributed by atoms with Crippen molar-refractivity contribution in [2.45, 2.75) is 37.2 Å². The molecule has 0 spiro atoms. The second kappa shape index (κ2) is 6.43. The summed E-state index contributed by atoms with van der Waals surface area (Å²) in [5, 5.41) is 0.0182. The van der Waals surface area contributed by atoms with Crippen molar-refractivity contribution in [1.29, 1.82) is 0 Å². The van der Waals surface area contributed by atoms with Crippen LogP contribution in [0, 0.1) is 0 Å². The molecule has 1 fully saturated rings. The second-order valence-corrected chi connectivity index (χ2v) is 6.00. The van der Waals surface area contributed by atoms with Crippen molar-refractivity contribution >= 4 is 34.6 Å². The molecule has 1 rings (SSSR count). The minimum atomic E-state index is -0.166. The molecule has 0 aromatic heterocycles. The number of esters is 1. The normalized spacial score (nSPS) is 26.0. The molecule has 0 amide bonds. The molecule has 5 heteroatoms. The third-order valence-corrected chi connectivity index (χ3v) is 4.82. The highest BCUT2D eigenvalue weighted by molar-refractivity contribution is 8.15. The first kappa shape index (κ1) is 12.9. The van der Waals surface area contributed by atoms with Crippen molar-refractivity contribution in [3.63, 3.8) is 0 Å². The summed E-state index contributed by atoms with van der Waals surface area (Å²) in [6, 6.07) is 0. The molecule has 1 aliphatic heterocycles. The lowest BCUT2D eigenvalue weighted by molar-refractivity contribution is -0.142. The molecule has 0 aliphatic carbocycles. The van der Waals surface area contributed by atoms with Gasteiger partial charge in [-0.3, -0.25) is 9.59 Å². The van der Waals surface area contributed by atoms with Gasteiger partial charge in [-0.15, -0.1) is 11.8 Å². The molecule has 15 heavy (non-hydrogen) atoms. The topological polar surface area (TPSA) is 43.4 Å². The van der Waals surface area contributed by atoms with Gasteiger partial charge in [0, 0.05) is 12.2 Å². The fraction of sp³-hybridized carbons (Fsp3) is 0.800. The summed E-state index contributed by atoms with van der Waals surface area (Å²) in [4.78, 5) is 22.7. The lowest BCUT2D eigenvalue weighted by Crippen LogP contribution is -2.34. The highest BCUT2D eigenvalue weighted by Crippen LogP contribution is 2.34. The Morgan fingerprint density at radius 2 is 2.27 bits per heavy atom. The molecule has 1 saturated heterocycles. The zero-order valence-corrected chi connectivity index (χ0v) is 10.7. The number of hydrogen-bond acceptors (Lipinski definition) is 5. The molecule has 1 aliphatic rings. The van der Waals surface area contributed by atoms with E-state index in [0.717, 1.165) is 18.6 Å². The summed E-state index contributed by atoms with van der Waals surface area (Å²) in [5.74, 6) is 0.819. The van der Waals surface area contributed by atoms with Crippen molar-refractivity contribution < 1.29 is 14.3 Å². The van der Waals surface area contributed by atoms with Gasteiger partial charge in [-0.05, 0) is 25.5 Å². The van der Waals surface area contributed by atoms with Crippen LogP contribution < -0.4 is 0 Å². The number of ether oxygens (including phenoxy) is 1. The summed E-state index contributed by atoms with van der Waals surface area (Å²) in [6.45, 7) is 3.76. The third kappa shape index (κ3) is 4.07. The van der Waals surface area contributed by atoms with Crippen LogP contribution in [0.1, 0.15) is 26.7 Å². The van der Waals surface area contributed by atoms with Crippen molar-refractivity contribution in [1.82, 2.24) is 0 Å². The maximum atomic E-state index is 11.6. The zero-order chi connectivity index (χ0) is 11.3. The Morgan fingerprint density at radius 1 is 1.53 bits per heavy atom. The average Bonchev–Trinajstić information content (AvgIpc) is 2.18. The Kier molecular flexibility index (Phi) is 5.53. The van der Waals surface area contributed by atoms with Gasteiger partial charge in [0.05, 0.1) is 6.61 Å². The fourth-order valence-electron chi connectivity index (χ4n) is 1.53. The lowest BCUT2D eigenvalue weighted by atomic mass is 10.2. The molecule has 2 atom stereocenters. The summed E-state index contributed by atoms with van der Waals surface area (Å²) in [6.07, 6.45) is 2.01. The van der Waals surface area contributed by atoms with Crippen LogP contribution in [0.15, 0.2) is 0 Å². The van der Waals surface area contributed by atoms with E-state index in [1.165, 1.54) is 11.8 Å². The first-order valence-corrected chi connectivity index (χ1v) is 7.03. The van der Waals surface area contributed by atoms with Crippen molar-refractivity contribution in [2.75, 3.05) is 12.4 Å². The molecular weight excluding hydrogens is 232 g/mol. The van der Waals surface area contributed by atoms with E-state index in [-0.39, 0.29) is 21.6 Å². The van der Waals surface area contributed by atoms with E-state index < -0.39 is 0 Å². The van der Waals surface area contributed by atoms with Crippen LogP contribution in [0.5, 0.6) is 0 Å². The van der Waals surface area contributed by atoms with Crippen LogP contribution in [0.2, 0.25) is 0 Å². The number of carbonyl (C=O) groups excluding carboxylic acids is 2. The van der Waals surface area contributed by atoms with Crippen LogP contribution in [0.3, 0.4) is 0 Å². The average molecular weight is 248 g/mol. The van der Waals surface area contributed by atoms with Crippen LogP contribution in [-0.2, 0) is 14.3 Å². The Morgan fingerprint density at radius 3 is 2.87 bits per heavy atom. The number of carbonyl (C=O) groups is 2. The fourth-order valence-corrected chi connectivity index (χ4v) is 4.02. The molecule has 86 valence electrons. The van der Waals surface area contributed by atoms with Crippen LogP contribution in [-0.4, -0.2) is 33.9 Å². The van der Waals surface area contributed by atoms with Crippen molar-refractivity contribution in [2.24, 2.45) is 0 Å². The molecule has 0 radical (unpaired) electrons. The summed E-state index contributed by atoms with van der Waals surface area (Å²) < 4.78 is 5.01. The molecule has 0 aromatic carbocycles. The molecule has 0 N–H and O–H groups in total. The van der Waals surface area contributed by atoms with E-state index in [4.69, 9.17) is 4.74 Å². The van der Waals surface area contributed by atoms with E-state index in [9.17, 15) is 9.59 Å². The summed E-state index contributed by atoms with van der Waals surface area (Å²) >= 11 is 2.89. The highest BCUT2D eigenvalue weighted by atomic mass is 32.2. The minimum absolute atomic E-state index is 0.0804. The van der Waals surface area contributed by atoms with E-state index in [1.807, 2.05) is 0 Å². The largest absolute Gasteiger partial charge is 0.465 e. The van der Waals surface area contributed by atoms with Gasteiger partial charge in [0.15, 0.2) is 5.12 Å². The van der Waals surface area contributed by atoms with Crippen LogP contribution >= 0.6 is 23.5 Å². The van der Waals surface area contributed by atoms with Gasteiger partial charge < -0.3 is 4.74 Å². The third-order valence-electron chi connectivity index (χ3n) is 2.10. The molecular formula is C10H16O3S2. The summed E-state index contributed by atoms with van der Waals surface area (Å²) in [5.41, 5.74) is 0. The van der Waals surface area contributed by atoms with Gasteiger partial charge in [0.1, 0.15) is 5.25 Å². The first-order valence-electron chi connectivity index (χ1n) is 5.10. The van der Waals surface area contributed by atoms with Gasteiger partial charge in [0.2, 0.25) is 0 Å². The van der Waals surface area contributed by atoms with Gasteiger partial charge in [-0.1, -0.05) is 11.8 Å². The Labute approximate surface area is 98.7 Å². The smallest absolute Gasteiger partial charge is 0.320 e. The Bertz CT molecular complexity index is 243. The molecule has 0 bridgehead atoms. The SMILES string of the molecule is CCOC(=O)C1SCCCC1SC(C)=O. The lowest BCUT2D eigenvalue weighted by Gasteiger charge is -2.27. The predicted octanol–water partition coefficient (Wildman–Crippen LogP) is 2.09. The number of hydrogen-bond donors (Lipinski definition) is 0. The van der Waals surface area contributed by atoms with Crippen LogP contribution in [0.4, 0.5) is 0 Å². The van der Waals surface area contributed by atoms with E-state index >= 15 is 0 Å². The Hall–Kier alpha value is -0.160. The van der Waals surface area contributed by atoms with Gasteiger partial charge >= 0.3 is 5.97 Å². The molecule has 0 aromatic rings. The van der Waals surface area contributed by atoms with Crippen molar-refractivity contribution in [3.8, 4) is 0 Å². The molecule has 3 nitrogen and oxygen atoms in total. The summed E-state index contributed by atoms with van der Waals surface area (Å²) in [7, 11) is 0. The van der Waals surface area contributed by atoms with E-state index in [0.29, 0.717) is 6.61 Å². The standard InChI is InChI=1S/C10H16O3S2/c1-3-13-10(12)9-8(15-7(2)11)5-4-6-14-9/h8-9H,3-6H2,1-2H3. The molecule has 1 heterocycles. The Balaban J connectivity index is 2.56. The van der Waals surface area contributed by atoms with Gasteiger partial charge in [0.25, 0.3) is 0 Å². The van der Waals surface area contributed by atoms with Crippen LogP contribution in [0.25, 0.3) is 0 Å². The zero-order valence-electron chi connectivity index (χ0n) is 9.02. The maximum Gasteiger partial charge on any atom is 0.320 e. The monoisotopic (exact) mass is 248 g/mol. The minimum Gasteiger partial charge on any atom is -0.465 e. The number of rotatable bonds is 3. The molecule has 0 saturated carbocycles.